The van der Waals surface area contributed by atoms with Gasteiger partial charge in [0.25, 0.3) is 0 Å². The van der Waals surface area contributed by atoms with Gasteiger partial charge < -0.3 is 10.1 Å². The Balaban J connectivity index is 1.86. The number of halogens is 1. The Morgan fingerprint density at radius 1 is 0.893 bits per heavy atom. The normalized spacial score (nSPS) is 11.9. The van der Waals surface area contributed by atoms with Crippen molar-refractivity contribution in [2.45, 2.75) is 32.3 Å². The molecule has 2 nitrogen and oxygen atoms in total. The van der Waals surface area contributed by atoms with Gasteiger partial charge in [-0.3, -0.25) is 0 Å². The molecule has 0 radical (unpaired) electrons. The van der Waals surface area contributed by atoms with E-state index in [1.165, 1.54) is 16.7 Å². The number of hydrogen-bond donors (Lipinski definition) is 1. The van der Waals surface area contributed by atoms with Gasteiger partial charge in [0.2, 0.25) is 0 Å². The van der Waals surface area contributed by atoms with E-state index in [-0.39, 0.29) is 5.92 Å². The van der Waals surface area contributed by atoms with Gasteiger partial charge in [-0.1, -0.05) is 83.5 Å². The summed E-state index contributed by atoms with van der Waals surface area (Å²) in [5, 5.41) is 3.54. The molecule has 1 atom stereocenters. The van der Waals surface area contributed by atoms with Crippen molar-refractivity contribution in [3.05, 3.63) is 100 Å². The number of benzene rings is 3. The molecule has 0 amide bonds. The number of nitrogens with one attached hydrogen (secondary N) is 1. The van der Waals surface area contributed by atoms with Crippen LogP contribution in [0.4, 0.5) is 0 Å². The minimum Gasteiger partial charge on any atom is -0.489 e. The lowest BCUT2D eigenvalue weighted by atomic mass is 9.88. The minimum atomic E-state index is 0.286. The van der Waals surface area contributed by atoms with Gasteiger partial charge in [0.05, 0.1) is 0 Å². The smallest absolute Gasteiger partial charge is 0.123 e. The van der Waals surface area contributed by atoms with Crippen molar-refractivity contribution in [2.24, 2.45) is 0 Å². The fourth-order valence-electron chi connectivity index (χ4n) is 3.39. The molecule has 0 fully saturated rings. The first-order chi connectivity index (χ1) is 13.8. The topological polar surface area (TPSA) is 21.3 Å². The molecule has 3 heteroatoms. The van der Waals surface area contributed by atoms with E-state index in [2.05, 4.69) is 88.8 Å². The second kappa shape index (κ2) is 11.0. The summed E-state index contributed by atoms with van der Waals surface area (Å²) >= 11 is 3.66. The Labute approximate surface area is 177 Å². The van der Waals surface area contributed by atoms with Crippen molar-refractivity contribution in [3.8, 4) is 5.75 Å². The molecule has 1 unspecified atom stereocenters. The zero-order valence-corrected chi connectivity index (χ0v) is 18.0. The number of rotatable bonds is 10. The summed E-state index contributed by atoms with van der Waals surface area (Å²) in [6.07, 6.45) is 2.18. The lowest BCUT2D eigenvalue weighted by molar-refractivity contribution is 0.301. The molecule has 0 saturated heterocycles. The zero-order valence-electron chi connectivity index (χ0n) is 16.4. The van der Waals surface area contributed by atoms with Gasteiger partial charge in [-0.25, -0.2) is 0 Å². The molecule has 0 aliphatic rings. The quantitative estimate of drug-likeness (QED) is 0.363. The summed E-state index contributed by atoms with van der Waals surface area (Å²) in [5.41, 5.74) is 3.73. The monoisotopic (exact) mass is 437 g/mol. The van der Waals surface area contributed by atoms with Crippen LogP contribution >= 0.6 is 15.9 Å². The lowest BCUT2D eigenvalue weighted by Gasteiger charge is -2.22. The molecular formula is C25H28BrNO. The van der Waals surface area contributed by atoms with E-state index in [1.807, 2.05) is 18.2 Å². The summed E-state index contributed by atoms with van der Waals surface area (Å²) < 4.78 is 7.35. The van der Waals surface area contributed by atoms with Gasteiger partial charge in [-0.05, 0) is 55.3 Å². The Bertz CT molecular complexity index is 836. The largest absolute Gasteiger partial charge is 0.489 e. The Hall–Kier alpha value is -2.10. The maximum absolute atomic E-state index is 6.27. The van der Waals surface area contributed by atoms with Crippen LogP contribution in [0.2, 0.25) is 0 Å². The average Bonchev–Trinajstić information content (AvgIpc) is 2.74. The van der Waals surface area contributed by atoms with Crippen LogP contribution in [0.5, 0.6) is 5.75 Å². The Kier molecular flexibility index (Phi) is 8.13. The van der Waals surface area contributed by atoms with Gasteiger partial charge in [-0.15, -0.1) is 0 Å². The van der Waals surface area contributed by atoms with Gasteiger partial charge in [0.1, 0.15) is 12.4 Å². The highest BCUT2D eigenvalue weighted by Gasteiger charge is 2.19. The maximum atomic E-state index is 6.27. The van der Waals surface area contributed by atoms with E-state index in [0.29, 0.717) is 6.61 Å². The first-order valence-electron chi connectivity index (χ1n) is 9.99. The maximum Gasteiger partial charge on any atom is 0.123 e. The van der Waals surface area contributed by atoms with Crippen LogP contribution in [0.15, 0.2) is 83.3 Å². The Morgan fingerprint density at radius 2 is 1.61 bits per heavy atom. The molecule has 1 N–H and O–H groups in total. The zero-order chi connectivity index (χ0) is 19.6. The van der Waals surface area contributed by atoms with Crippen LogP contribution in [-0.4, -0.2) is 13.1 Å². The van der Waals surface area contributed by atoms with Crippen molar-refractivity contribution in [3.63, 3.8) is 0 Å². The van der Waals surface area contributed by atoms with Gasteiger partial charge in [-0.2, -0.15) is 0 Å². The van der Waals surface area contributed by atoms with Crippen LogP contribution in [0, 0.1) is 0 Å². The highest BCUT2D eigenvalue weighted by atomic mass is 79.9. The summed E-state index contributed by atoms with van der Waals surface area (Å²) in [6, 6.07) is 27.4. The van der Waals surface area contributed by atoms with Gasteiger partial charge in [0.15, 0.2) is 0 Å². The standard InChI is InChI=1S/C25H28BrNO/c1-2-16-27-17-15-23(21-11-7-4-8-12-21)24-18-22(26)13-14-25(24)28-19-20-9-5-3-6-10-20/h3-14,18,23,27H,2,15-17,19H2,1H3. The van der Waals surface area contributed by atoms with Crippen LogP contribution < -0.4 is 10.1 Å². The molecule has 0 aliphatic carbocycles. The second-order valence-electron chi connectivity index (χ2n) is 6.96. The van der Waals surface area contributed by atoms with Crippen molar-refractivity contribution < 1.29 is 4.74 Å². The molecule has 3 rings (SSSR count). The second-order valence-corrected chi connectivity index (χ2v) is 7.87. The molecule has 0 heterocycles. The summed E-state index contributed by atoms with van der Waals surface area (Å²) in [7, 11) is 0. The van der Waals surface area contributed by atoms with Crippen molar-refractivity contribution >= 4 is 15.9 Å². The Morgan fingerprint density at radius 3 is 2.32 bits per heavy atom. The van der Waals surface area contributed by atoms with Crippen LogP contribution in [-0.2, 0) is 6.61 Å². The van der Waals surface area contributed by atoms with E-state index in [9.17, 15) is 0 Å². The van der Waals surface area contributed by atoms with Crippen LogP contribution in [0.3, 0.4) is 0 Å². The molecule has 3 aromatic carbocycles. The predicted octanol–water partition coefficient (Wildman–Crippen LogP) is 6.55. The molecule has 0 bridgehead atoms. The SMILES string of the molecule is CCCNCCC(c1ccccc1)c1cc(Br)ccc1OCc1ccccc1. The number of ether oxygens (including phenoxy) is 1. The molecule has 28 heavy (non-hydrogen) atoms. The third-order valence-corrected chi connectivity index (χ3v) is 5.32. The molecule has 0 spiro atoms. The third-order valence-electron chi connectivity index (χ3n) is 4.82. The van der Waals surface area contributed by atoms with Crippen molar-refractivity contribution in [1.29, 1.82) is 0 Å². The van der Waals surface area contributed by atoms with Crippen molar-refractivity contribution in [1.82, 2.24) is 5.32 Å². The van der Waals surface area contributed by atoms with Crippen molar-refractivity contribution in [2.75, 3.05) is 13.1 Å². The molecule has 0 saturated carbocycles. The van der Waals surface area contributed by atoms with Gasteiger partial charge in [0, 0.05) is 16.0 Å². The van der Waals surface area contributed by atoms with E-state index < -0.39 is 0 Å². The predicted molar refractivity (Wildman–Crippen MR) is 121 cm³/mol. The fraction of sp³-hybridized carbons (Fsp3) is 0.280. The highest BCUT2D eigenvalue weighted by molar-refractivity contribution is 9.10. The minimum absolute atomic E-state index is 0.286. The van der Waals surface area contributed by atoms with Gasteiger partial charge >= 0.3 is 0 Å². The summed E-state index contributed by atoms with van der Waals surface area (Å²) in [5.74, 6) is 1.24. The van der Waals surface area contributed by atoms with E-state index >= 15 is 0 Å². The fourth-order valence-corrected chi connectivity index (χ4v) is 3.77. The first-order valence-corrected chi connectivity index (χ1v) is 10.8. The number of hydrogen-bond acceptors (Lipinski definition) is 2. The highest BCUT2D eigenvalue weighted by Crippen LogP contribution is 2.36. The molecule has 146 valence electrons. The summed E-state index contributed by atoms with van der Waals surface area (Å²) in [4.78, 5) is 0. The van der Waals surface area contributed by atoms with E-state index in [1.54, 1.807) is 0 Å². The first kappa shape index (κ1) is 20.6. The van der Waals surface area contributed by atoms with E-state index in [4.69, 9.17) is 4.74 Å². The molecule has 0 aromatic heterocycles. The van der Waals surface area contributed by atoms with Crippen LogP contribution in [0.1, 0.15) is 42.4 Å². The average molecular weight is 438 g/mol. The van der Waals surface area contributed by atoms with Crippen LogP contribution in [0.25, 0.3) is 0 Å². The molecular weight excluding hydrogens is 410 g/mol. The third kappa shape index (κ3) is 5.95. The summed E-state index contributed by atoms with van der Waals surface area (Å²) in [6.45, 7) is 4.81. The molecule has 3 aromatic rings. The molecule has 0 aliphatic heterocycles. The lowest BCUT2D eigenvalue weighted by Crippen LogP contribution is -2.19. The van der Waals surface area contributed by atoms with E-state index in [0.717, 1.165) is 36.2 Å².